The molecule has 0 unspecified atom stereocenters. The van der Waals surface area contributed by atoms with E-state index < -0.39 is 5.97 Å². The first-order valence-electron chi connectivity index (χ1n) is 7.92. The Morgan fingerprint density at radius 1 is 1.04 bits per heavy atom. The molecule has 4 aromatic rings. The van der Waals surface area contributed by atoms with Gasteiger partial charge in [0, 0.05) is 34.6 Å². The SMILES string of the molecule is Nc1cc(C(=O)O)cc(-c2c[nH]c3ncc(-c4cccc(O)c4)cc23)c1. The number of carbonyl (C=O) groups is 1. The van der Waals surface area contributed by atoms with Gasteiger partial charge in [0.2, 0.25) is 0 Å². The topological polar surface area (TPSA) is 112 Å². The Kier molecular flexibility index (Phi) is 3.58. The van der Waals surface area contributed by atoms with Crippen molar-refractivity contribution in [2.45, 2.75) is 0 Å². The molecule has 0 saturated heterocycles. The lowest BCUT2D eigenvalue weighted by atomic mass is 10.00. The van der Waals surface area contributed by atoms with Gasteiger partial charge in [-0.05, 0) is 47.5 Å². The number of aromatic carboxylic acids is 1. The highest BCUT2D eigenvalue weighted by Gasteiger charge is 2.12. The Labute approximate surface area is 148 Å². The summed E-state index contributed by atoms with van der Waals surface area (Å²) >= 11 is 0. The molecule has 4 rings (SSSR count). The summed E-state index contributed by atoms with van der Waals surface area (Å²) in [7, 11) is 0. The second-order valence-corrected chi connectivity index (χ2v) is 6.02. The summed E-state index contributed by atoms with van der Waals surface area (Å²) in [6, 6.07) is 13.6. The smallest absolute Gasteiger partial charge is 0.335 e. The van der Waals surface area contributed by atoms with Crippen molar-refractivity contribution in [1.29, 1.82) is 0 Å². The lowest BCUT2D eigenvalue weighted by molar-refractivity contribution is 0.0697. The van der Waals surface area contributed by atoms with Gasteiger partial charge >= 0.3 is 5.97 Å². The molecule has 128 valence electrons. The van der Waals surface area contributed by atoms with Crippen LogP contribution in [-0.4, -0.2) is 26.2 Å². The number of phenols is 1. The van der Waals surface area contributed by atoms with Gasteiger partial charge in [0.05, 0.1) is 5.56 Å². The molecule has 0 aliphatic heterocycles. The van der Waals surface area contributed by atoms with E-state index in [1.807, 2.05) is 12.1 Å². The van der Waals surface area contributed by atoms with Gasteiger partial charge in [0.1, 0.15) is 11.4 Å². The van der Waals surface area contributed by atoms with Crippen LogP contribution in [0.4, 0.5) is 5.69 Å². The fourth-order valence-electron chi connectivity index (χ4n) is 3.02. The van der Waals surface area contributed by atoms with Crippen molar-refractivity contribution in [2.75, 3.05) is 5.73 Å². The number of nitrogen functional groups attached to an aromatic ring is 1. The van der Waals surface area contributed by atoms with Crippen molar-refractivity contribution in [2.24, 2.45) is 0 Å². The molecule has 0 bridgehead atoms. The fraction of sp³-hybridized carbons (Fsp3) is 0. The van der Waals surface area contributed by atoms with Crippen molar-refractivity contribution in [3.63, 3.8) is 0 Å². The molecule has 0 spiro atoms. The van der Waals surface area contributed by atoms with Crippen LogP contribution in [0.1, 0.15) is 10.4 Å². The van der Waals surface area contributed by atoms with Crippen LogP contribution in [-0.2, 0) is 0 Å². The number of hydrogen-bond donors (Lipinski definition) is 4. The Hall–Kier alpha value is -3.80. The summed E-state index contributed by atoms with van der Waals surface area (Å²) in [5.41, 5.74) is 10.3. The number of aromatic nitrogens is 2. The number of rotatable bonds is 3. The van der Waals surface area contributed by atoms with Crippen molar-refractivity contribution in [3.05, 3.63) is 66.5 Å². The normalized spacial score (nSPS) is 10.9. The minimum atomic E-state index is -1.03. The summed E-state index contributed by atoms with van der Waals surface area (Å²) < 4.78 is 0. The number of carboxylic acids is 1. The van der Waals surface area contributed by atoms with E-state index in [1.165, 1.54) is 6.07 Å². The quantitative estimate of drug-likeness (QED) is 0.421. The zero-order valence-corrected chi connectivity index (χ0v) is 13.6. The summed E-state index contributed by atoms with van der Waals surface area (Å²) in [5, 5.41) is 19.8. The number of aromatic hydroxyl groups is 1. The Bertz CT molecular complexity index is 1150. The molecule has 0 atom stereocenters. The molecule has 0 aliphatic rings. The number of phenolic OH excluding ortho intramolecular Hbond substituents is 1. The van der Waals surface area contributed by atoms with Gasteiger partial charge < -0.3 is 20.9 Å². The summed E-state index contributed by atoms with van der Waals surface area (Å²) in [5.74, 6) is -0.851. The van der Waals surface area contributed by atoms with Crippen LogP contribution in [0, 0.1) is 0 Å². The second-order valence-electron chi connectivity index (χ2n) is 6.02. The first kappa shape index (κ1) is 15.7. The van der Waals surface area contributed by atoms with Crippen LogP contribution < -0.4 is 5.73 Å². The van der Waals surface area contributed by atoms with E-state index in [2.05, 4.69) is 9.97 Å². The number of nitrogens with zero attached hydrogens (tertiary/aromatic N) is 1. The molecule has 5 N–H and O–H groups in total. The average Bonchev–Trinajstić information content (AvgIpc) is 3.04. The molecule has 0 amide bonds. The standard InChI is InChI=1S/C20H15N3O3/c21-15-5-12(4-13(6-15)20(25)26)18-10-23-19-17(18)8-14(9-22-19)11-2-1-3-16(24)7-11/h1-10,24H,21H2,(H,22,23)(H,25,26). The molecule has 0 saturated carbocycles. The van der Waals surface area contributed by atoms with Crippen LogP contribution in [0.15, 0.2) is 60.9 Å². The van der Waals surface area contributed by atoms with Crippen molar-refractivity contribution < 1.29 is 15.0 Å². The van der Waals surface area contributed by atoms with E-state index in [9.17, 15) is 15.0 Å². The molecule has 0 radical (unpaired) electrons. The van der Waals surface area contributed by atoms with Crippen LogP contribution in [0.5, 0.6) is 5.75 Å². The molecular formula is C20H15N3O3. The number of H-pyrrole nitrogens is 1. The predicted octanol–water partition coefficient (Wildman–Crippen LogP) is 3.88. The van der Waals surface area contributed by atoms with Gasteiger partial charge in [-0.1, -0.05) is 12.1 Å². The third-order valence-electron chi connectivity index (χ3n) is 4.22. The van der Waals surface area contributed by atoms with Crippen LogP contribution in [0.3, 0.4) is 0 Å². The van der Waals surface area contributed by atoms with E-state index in [-0.39, 0.29) is 11.3 Å². The Morgan fingerprint density at radius 3 is 2.65 bits per heavy atom. The molecule has 2 aromatic heterocycles. The molecule has 2 heterocycles. The lowest BCUT2D eigenvalue weighted by Crippen LogP contribution is -1.98. The monoisotopic (exact) mass is 345 g/mol. The highest BCUT2D eigenvalue weighted by molar-refractivity contribution is 5.98. The average molecular weight is 345 g/mol. The van der Waals surface area contributed by atoms with Gasteiger partial charge in [-0.2, -0.15) is 0 Å². The Balaban J connectivity index is 1.89. The number of pyridine rings is 1. The van der Waals surface area contributed by atoms with Gasteiger partial charge in [0.15, 0.2) is 0 Å². The zero-order valence-electron chi connectivity index (χ0n) is 13.6. The molecule has 6 heteroatoms. The number of anilines is 1. The molecule has 26 heavy (non-hydrogen) atoms. The first-order chi connectivity index (χ1) is 12.5. The summed E-state index contributed by atoms with van der Waals surface area (Å²) in [6.45, 7) is 0. The number of nitrogens with two attached hydrogens (primary N) is 1. The number of aromatic amines is 1. The summed E-state index contributed by atoms with van der Waals surface area (Å²) in [6.07, 6.45) is 3.50. The molecular weight excluding hydrogens is 330 g/mol. The minimum Gasteiger partial charge on any atom is -0.508 e. The molecule has 0 fully saturated rings. The number of nitrogens with one attached hydrogen (secondary N) is 1. The minimum absolute atomic E-state index is 0.131. The number of fused-ring (bicyclic) bond motifs is 1. The van der Waals surface area contributed by atoms with Crippen molar-refractivity contribution in [1.82, 2.24) is 9.97 Å². The van der Waals surface area contributed by atoms with Crippen LogP contribution in [0.2, 0.25) is 0 Å². The predicted molar refractivity (Wildman–Crippen MR) is 100 cm³/mol. The van der Waals surface area contributed by atoms with E-state index in [4.69, 9.17) is 5.73 Å². The highest BCUT2D eigenvalue weighted by Crippen LogP contribution is 2.33. The van der Waals surface area contributed by atoms with Crippen LogP contribution >= 0.6 is 0 Å². The van der Waals surface area contributed by atoms with Crippen LogP contribution in [0.25, 0.3) is 33.3 Å². The highest BCUT2D eigenvalue weighted by atomic mass is 16.4. The first-order valence-corrected chi connectivity index (χ1v) is 7.92. The Morgan fingerprint density at radius 2 is 1.88 bits per heavy atom. The number of hydrogen-bond acceptors (Lipinski definition) is 4. The van der Waals surface area contributed by atoms with Gasteiger partial charge in [-0.15, -0.1) is 0 Å². The maximum Gasteiger partial charge on any atom is 0.335 e. The van der Waals surface area contributed by atoms with Gasteiger partial charge in [0.25, 0.3) is 0 Å². The number of benzene rings is 2. The third-order valence-corrected chi connectivity index (χ3v) is 4.22. The van der Waals surface area contributed by atoms with E-state index in [1.54, 1.807) is 42.7 Å². The van der Waals surface area contributed by atoms with E-state index in [0.717, 1.165) is 22.1 Å². The maximum atomic E-state index is 11.3. The summed E-state index contributed by atoms with van der Waals surface area (Å²) in [4.78, 5) is 18.8. The maximum absolute atomic E-state index is 11.3. The zero-order chi connectivity index (χ0) is 18.3. The molecule has 0 aliphatic carbocycles. The van der Waals surface area contributed by atoms with Crippen molar-refractivity contribution in [3.8, 4) is 28.0 Å². The number of carboxylic acid groups (broad SMARTS) is 1. The largest absolute Gasteiger partial charge is 0.508 e. The van der Waals surface area contributed by atoms with E-state index in [0.29, 0.717) is 16.9 Å². The van der Waals surface area contributed by atoms with Gasteiger partial charge in [-0.25, -0.2) is 9.78 Å². The van der Waals surface area contributed by atoms with Gasteiger partial charge in [-0.3, -0.25) is 0 Å². The lowest BCUT2D eigenvalue weighted by Gasteiger charge is -2.06. The van der Waals surface area contributed by atoms with E-state index >= 15 is 0 Å². The third kappa shape index (κ3) is 2.73. The molecule has 6 nitrogen and oxygen atoms in total. The second kappa shape index (κ2) is 5.93. The molecule has 2 aromatic carbocycles. The fourth-order valence-corrected chi connectivity index (χ4v) is 3.02. The van der Waals surface area contributed by atoms with Crippen molar-refractivity contribution >= 4 is 22.7 Å².